The third kappa shape index (κ3) is 2.25. The molecule has 1 heterocycles. The number of rotatable bonds is 1. The number of nitrogens with zero attached hydrogens (tertiary/aromatic N) is 1. The monoisotopic (exact) mass is 287 g/mol. The zero-order valence-electron chi connectivity index (χ0n) is 8.49. The quantitative estimate of drug-likeness (QED) is 0.856. The molecule has 1 amide bonds. The summed E-state index contributed by atoms with van der Waals surface area (Å²) in [7, 11) is 0. The van der Waals surface area contributed by atoms with Crippen LogP contribution in [0.3, 0.4) is 0 Å². The first-order valence-electron chi connectivity index (χ1n) is 5.00. The number of β-amino-alcohol motifs (C(OH)–C–C–N with tert-alkyl or cyclic N) is 1. The van der Waals surface area contributed by atoms with Crippen molar-refractivity contribution >= 4 is 21.8 Å². The topological polar surface area (TPSA) is 40.5 Å². The number of carbonyl (C=O) groups excluding carboxylic acids is 1. The number of aliphatic hydroxyl groups is 1. The lowest BCUT2D eigenvalue weighted by Gasteiger charge is -2.15. The summed E-state index contributed by atoms with van der Waals surface area (Å²) < 4.78 is 14.1. The van der Waals surface area contributed by atoms with Crippen molar-refractivity contribution in [2.75, 3.05) is 13.1 Å². The average Bonchev–Trinajstić information content (AvgIpc) is 2.67. The summed E-state index contributed by atoms with van der Waals surface area (Å²) in [5.41, 5.74) is 0.0449. The Bertz CT molecular complexity index is 424. The van der Waals surface area contributed by atoms with Crippen molar-refractivity contribution in [1.29, 1.82) is 0 Å². The summed E-state index contributed by atoms with van der Waals surface area (Å²) in [6.07, 6.45) is 0.0700. The molecule has 1 aliphatic heterocycles. The van der Waals surface area contributed by atoms with Crippen LogP contribution in [0.25, 0.3) is 0 Å². The third-order valence-electron chi connectivity index (χ3n) is 2.61. The number of halogens is 2. The first-order valence-corrected chi connectivity index (χ1v) is 5.79. The Labute approximate surface area is 101 Å². The second-order valence-electron chi connectivity index (χ2n) is 3.82. The molecule has 0 aromatic heterocycles. The molecule has 3 nitrogen and oxygen atoms in total. The number of aliphatic hydroxyl groups excluding tert-OH is 1. The van der Waals surface area contributed by atoms with Crippen LogP contribution < -0.4 is 0 Å². The van der Waals surface area contributed by atoms with Crippen LogP contribution in [-0.4, -0.2) is 35.1 Å². The van der Waals surface area contributed by atoms with Gasteiger partial charge in [-0.3, -0.25) is 4.79 Å². The summed E-state index contributed by atoms with van der Waals surface area (Å²) in [6, 6.07) is 4.26. The van der Waals surface area contributed by atoms with Crippen molar-refractivity contribution in [3.8, 4) is 0 Å². The highest BCUT2D eigenvalue weighted by Gasteiger charge is 2.26. The summed E-state index contributed by atoms with van der Waals surface area (Å²) >= 11 is 3.20. The first kappa shape index (κ1) is 11.5. The minimum Gasteiger partial charge on any atom is -0.391 e. The van der Waals surface area contributed by atoms with E-state index in [0.29, 0.717) is 17.4 Å². The van der Waals surface area contributed by atoms with E-state index in [9.17, 15) is 14.3 Å². The van der Waals surface area contributed by atoms with Gasteiger partial charge in [0, 0.05) is 17.6 Å². The standard InChI is InChI=1S/C11H11BrFNO2/c12-7-1-2-10(13)9(5-7)11(16)14-4-3-8(15)6-14/h1-2,5,8,15H,3-4,6H2. The zero-order chi connectivity index (χ0) is 11.7. The maximum absolute atomic E-state index is 13.4. The van der Waals surface area contributed by atoms with Gasteiger partial charge in [-0.05, 0) is 24.6 Å². The molecule has 0 aliphatic carbocycles. The predicted molar refractivity (Wildman–Crippen MR) is 60.6 cm³/mol. The van der Waals surface area contributed by atoms with Gasteiger partial charge in [0.05, 0.1) is 11.7 Å². The van der Waals surface area contributed by atoms with E-state index in [1.165, 1.54) is 17.0 Å². The van der Waals surface area contributed by atoms with Crippen LogP contribution in [0.4, 0.5) is 4.39 Å². The zero-order valence-corrected chi connectivity index (χ0v) is 10.1. The van der Waals surface area contributed by atoms with Crippen LogP contribution in [0, 0.1) is 5.82 Å². The Balaban J connectivity index is 2.23. The highest BCUT2D eigenvalue weighted by atomic mass is 79.9. The lowest BCUT2D eigenvalue weighted by Crippen LogP contribution is -2.30. The number of amides is 1. The third-order valence-corrected chi connectivity index (χ3v) is 3.10. The molecule has 0 radical (unpaired) electrons. The van der Waals surface area contributed by atoms with E-state index >= 15 is 0 Å². The van der Waals surface area contributed by atoms with Gasteiger partial charge in [0.1, 0.15) is 5.82 Å². The van der Waals surface area contributed by atoms with Gasteiger partial charge in [-0.15, -0.1) is 0 Å². The molecule has 1 aliphatic rings. The molecule has 1 unspecified atom stereocenters. The van der Waals surface area contributed by atoms with Crippen molar-refractivity contribution in [3.63, 3.8) is 0 Å². The summed E-state index contributed by atoms with van der Waals surface area (Å²) in [6.45, 7) is 0.761. The predicted octanol–water partition coefficient (Wildman–Crippen LogP) is 1.79. The lowest BCUT2D eigenvalue weighted by atomic mass is 10.2. The molecule has 0 bridgehead atoms. The van der Waals surface area contributed by atoms with Crippen LogP contribution in [0.2, 0.25) is 0 Å². The van der Waals surface area contributed by atoms with Crippen LogP contribution in [0.1, 0.15) is 16.8 Å². The van der Waals surface area contributed by atoms with E-state index < -0.39 is 11.9 Å². The van der Waals surface area contributed by atoms with Gasteiger partial charge in [0.2, 0.25) is 0 Å². The molecule has 5 heteroatoms. The van der Waals surface area contributed by atoms with Crippen LogP contribution in [0.15, 0.2) is 22.7 Å². The maximum Gasteiger partial charge on any atom is 0.256 e. The minimum atomic E-state index is -0.533. The number of hydrogen-bond acceptors (Lipinski definition) is 2. The van der Waals surface area contributed by atoms with Gasteiger partial charge in [-0.25, -0.2) is 4.39 Å². The van der Waals surface area contributed by atoms with Crippen molar-refractivity contribution in [2.24, 2.45) is 0 Å². The van der Waals surface area contributed by atoms with Crippen molar-refractivity contribution < 1.29 is 14.3 Å². The highest BCUT2D eigenvalue weighted by Crippen LogP contribution is 2.19. The van der Waals surface area contributed by atoms with Gasteiger partial charge >= 0.3 is 0 Å². The molecule has 1 N–H and O–H groups in total. The van der Waals surface area contributed by atoms with Crippen LogP contribution >= 0.6 is 15.9 Å². The molecule has 2 rings (SSSR count). The Morgan fingerprint density at radius 2 is 2.31 bits per heavy atom. The molecular formula is C11H11BrFNO2. The van der Waals surface area contributed by atoms with Gasteiger partial charge < -0.3 is 10.0 Å². The number of carbonyl (C=O) groups is 1. The highest BCUT2D eigenvalue weighted by molar-refractivity contribution is 9.10. The van der Waals surface area contributed by atoms with E-state index in [-0.39, 0.29) is 18.0 Å². The van der Waals surface area contributed by atoms with Crippen LogP contribution in [0.5, 0.6) is 0 Å². The first-order chi connectivity index (χ1) is 7.58. The van der Waals surface area contributed by atoms with E-state index in [2.05, 4.69) is 15.9 Å². The fraction of sp³-hybridized carbons (Fsp3) is 0.364. The second-order valence-corrected chi connectivity index (χ2v) is 4.73. The summed E-state index contributed by atoms with van der Waals surface area (Å²) in [5.74, 6) is -0.898. The molecule has 16 heavy (non-hydrogen) atoms. The molecular weight excluding hydrogens is 277 g/mol. The molecule has 1 atom stereocenters. The Morgan fingerprint density at radius 3 is 2.94 bits per heavy atom. The number of benzene rings is 1. The number of likely N-dealkylation sites (tertiary alicyclic amines) is 1. The SMILES string of the molecule is O=C(c1cc(Br)ccc1F)N1CCC(O)C1. The molecule has 1 aromatic rings. The second kappa shape index (κ2) is 4.51. The van der Waals surface area contributed by atoms with E-state index in [1.54, 1.807) is 6.07 Å². The van der Waals surface area contributed by atoms with Gasteiger partial charge in [-0.2, -0.15) is 0 Å². The number of hydrogen-bond donors (Lipinski definition) is 1. The van der Waals surface area contributed by atoms with Gasteiger partial charge in [-0.1, -0.05) is 15.9 Å². The Kier molecular flexibility index (Phi) is 3.25. The van der Waals surface area contributed by atoms with Gasteiger partial charge in [0.15, 0.2) is 0 Å². The maximum atomic E-state index is 13.4. The van der Waals surface area contributed by atoms with E-state index in [4.69, 9.17) is 0 Å². The lowest BCUT2D eigenvalue weighted by molar-refractivity contribution is 0.0760. The molecule has 0 spiro atoms. The van der Waals surface area contributed by atoms with Gasteiger partial charge in [0.25, 0.3) is 5.91 Å². The molecule has 1 saturated heterocycles. The van der Waals surface area contributed by atoms with E-state index in [0.717, 1.165) is 0 Å². The average molecular weight is 288 g/mol. The molecule has 1 fully saturated rings. The van der Waals surface area contributed by atoms with Crippen molar-refractivity contribution in [2.45, 2.75) is 12.5 Å². The minimum absolute atomic E-state index is 0.0449. The van der Waals surface area contributed by atoms with Crippen molar-refractivity contribution in [1.82, 2.24) is 4.90 Å². The van der Waals surface area contributed by atoms with Crippen molar-refractivity contribution in [3.05, 3.63) is 34.1 Å². The Hall–Kier alpha value is -0.940. The molecule has 0 saturated carbocycles. The summed E-state index contributed by atoms with van der Waals surface area (Å²) in [5, 5.41) is 9.32. The van der Waals surface area contributed by atoms with E-state index in [1.807, 2.05) is 0 Å². The Morgan fingerprint density at radius 1 is 1.56 bits per heavy atom. The summed E-state index contributed by atoms with van der Waals surface area (Å²) in [4.78, 5) is 13.4. The molecule has 86 valence electrons. The molecule has 1 aromatic carbocycles. The normalized spacial score (nSPS) is 20.2. The fourth-order valence-corrected chi connectivity index (χ4v) is 2.12. The smallest absolute Gasteiger partial charge is 0.256 e. The fourth-order valence-electron chi connectivity index (χ4n) is 1.76. The van der Waals surface area contributed by atoms with Crippen LogP contribution in [-0.2, 0) is 0 Å². The largest absolute Gasteiger partial charge is 0.391 e.